The van der Waals surface area contributed by atoms with E-state index in [4.69, 9.17) is 0 Å². The minimum absolute atomic E-state index is 0.00430. The molecule has 1 unspecified atom stereocenters. The first-order valence-electron chi connectivity index (χ1n) is 10.1. The van der Waals surface area contributed by atoms with E-state index in [1.54, 1.807) is 34.9 Å². The summed E-state index contributed by atoms with van der Waals surface area (Å²) in [5.74, 6) is -0.162. The van der Waals surface area contributed by atoms with Crippen LogP contribution in [0.15, 0.2) is 58.3 Å². The number of hydrogen-bond acceptors (Lipinski definition) is 4. The molecule has 0 radical (unpaired) electrons. The molecule has 5 nitrogen and oxygen atoms in total. The maximum atomic E-state index is 13.3. The van der Waals surface area contributed by atoms with Crippen molar-refractivity contribution in [2.24, 2.45) is 0 Å². The lowest BCUT2D eigenvalue weighted by Gasteiger charge is -2.23. The number of thioether (sulfide) groups is 1. The smallest absolute Gasteiger partial charge is 0.258 e. The lowest BCUT2D eigenvalue weighted by molar-refractivity contribution is 0.0986. The van der Waals surface area contributed by atoms with Crippen LogP contribution in [0.3, 0.4) is 0 Å². The number of hydrogen-bond donors (Lipinski definition) is 1. The fraction of sp³-hybridized carbons (Fsp3) is 0.409. The average molecular weight is 431 g/mol. The van der Waals surface area contributed by atoms with Gasteiger partial charge < -0.3 is 4.90 Å². The van der Waals surface area contributed by atoms with Crippen molar-refractivity contribution < 1.29 is 13.2 Å². The van der Waals surface area contributed by atoms with Crippen molar-refractivity contribution in [2.45, 2.75) is 60.1 Å². The fourth-order valence-corrected chi connectivity index (χ4v) is 6.44. The van der Waals surface area contributed by atoms with E-state index in [0.29, 0.717) is 17.4 Å². The molecule has 4 rings (SSSR count). The predicted octanol–water partition coefficient (Wildman–Crippen LogP) is 4.44. The molecule has 1 aliphatic carbocycles. The van der Waals surface area contributed by atoms with E-state index in [1.807, 2.05) is 24.3 Å². The van der Waals surface area contributed by atoms with Crippen LogP contribution in [0.4, 0.5) is 5.69 Å². The van der Waals surface area contributed by atoms with Crippen molar-refractivity contribution in [3.8, 4) is 0 Å². The van der Waals surface area contributed by atoms with Crippen LogP contribution < -0.4 is 9.62 Å². The third kappa shape index (κ3) is 4.52. The third-order valence-corrected chi connectivity index (χ3v) is 8.31. The molecule has 2 aliphatic rings. The number of sulfonamides is 1. The summed E-state index contributed by atoms with van der Waals surface area (Å²) in [6.45, 7) is 2.78. The van der Waals surface area contributed by atoms with Crippen molar-refractivity contribution in [1.82, 2.24) is 4.72 Å². The lowest BCUT2D eigenvalue weighted by atomic mass is 10.1. The molecule has 29 heavy (non-hydrogen) atoms. The fourth-order valence-electron chi connectivity index (χ4n) is 3.98. The molecule has 1 heterocycles. The van der Waals surface area contributed by atoms with Gasteiger partial charge in [0.25, 0.3) is 5.91 Å². The summed E-state index contributed by atoms with van der Waals surface area (Å²) in [6, 6.07) is 14.3. The number of carbonyl (C=O) groups is 1. The van der Waals surface area contributed by atoms with Gasteiger partial charge in [0, 0.05) is 28.3 Å². The van der Waals surface area contributed by atoms with Gasteiger partial charge in [-0.1, -0.05) is 38.0 Å². The summed E-state index contributed by atoms with van der Waals surface area (Å²) >= 11 is 1.77. The highest BCUT2D eigenvalue weighted by molar-refractivity contribution is 8.00. The maximum absolute atomic E-state index is 13.3. The van der Waals surface area contributed by atoms with Crippen LogP contribution in [0.25, 0.3) is 0 Å². The van der Waals surface area contributed by atoms with Gasteiger partial charge in [-0.2, -0.15) is 0 Å². The number of fused-ring (bicyclic) bond motifs is 1. The number of benzene rings is 2. The maximum Gasteiger partial charge on any atom is 0.258 e. The van der Waals surface area contributed by atoms with Gasteiger partial charge in [-0.25, -0.2) is 13.1 Å². The molecule has 154 valence electrons. The highest BCUT2D eigenvalue weighted by Gasteiger charge is 2.27. The molecule has 2 aromatic rings. The van der Waals surface area contributed by atoms with Gasteiger partial charge in [0.15, 0.2) is 0 Å². The number of rotatable bonds is 4. The number of nitrogens with zero attached hydrogens (tertiary/aromatic N) is 1. The van der Waals surface area contributed by atoms with Crippen LogP contribution in [0.5, 0.6) is 0 Å². The molecule has 1 N–H and O–H groups in total. The zero-order valence-electron chi connectivity index (χ0n) is 16.5. The Bertz CT molecular complexity index is 1000. The first-order valence-corrected chi connectivity index (χ1v) is 12.5. The van der Waals surface area contributed by atoms with Crippen molar-refractivity contribution in [1.29, 1.82) is 0 Å². The molecular formula is C22H26N2O3S2. The monoisotopic (exact) mass is 430 g/mol. The van der Waals surface area contributed by atoms with E-state index in [9.17, 15) is 13.2 Å². The summed E-state index contributed by atoms with van der Waals surface area (Å²) in [7, 11) is -3.63. The Morgan fingerprint density at radius 3 is 2.62 bits per heavy atom. The average Bonchev–Trinajstić information content (AvgIpc) is 3.15. The Morgan fingerprint density at radius 2 is 1.83 bits per heavy atom. The summed E-state index contributed by atoms with van der Waals surface area (Å²) in [5.41, 5.74) is 1.29. The van der Waals surface area contributed by atoms with Crippen LogP contribution in [0.2, 0.25) is 0 Å². The lowest BCUT2D eigenvalue weighted by Crippen LogP contribution is -2.34. The van der Waals surface area contributed by atoms with Crippen molar-refractivity contribution in [2.75, 3.05) is 11.4 Å². The van der Waals surface area contributed by atoms with Gasteiger partial charge in [-0.3, -0.25) is 4.79 Å². The molecule has 1 atom stereocenters. The van der Waals surface area contributed by atoms with Gasteiger partial charge in [-0.15, -0.1) is 11.8 Å². The Morgan fingerprint density at radius 1 is 1.07 bits per heavy atom. The van der Waals surface area contributed by atoms with E-state index in [1.165, 1.54) is 6.07 Å². The molecule has 0 spiro atoms. The highest BCUT2D eigenvalue weighted by Crippen LogP contribution is 2.38. The van der Waals surface area contributed by atoms with Crippen LogP contribution in [0, 0.1) is 0 Å². The molecule has 7 heteroatoms. The normalized spacial score (nSPS) is 20.3. The Balaban J connectivity index is 1.62. The molecule has 0 bridgehead atoms. The minimum Gasteiger partial charge on any atom is -0.307 e. The molecule has 1 aliphatic heterocycles. The van der Waals surface area contributed by atoms with Gasteiger partial charge in [0.2, 0.25) is 10.0 Å². The van der Waals surface area contributed by atoms with Gasteiger partial charge in [0.05, 0.1) is 10.6 Å². The molecule has 0 aromatic heterocycles. The highest BCUT2D eigenvalue weighted by atomic mass is 32.2. The molecular weight excluding hydrogens is 404 g/mol. The predicted molar refractivity (Wildman–Crippen MR) is 117 cm³/mol. The van der Waals surface area contributed by atoms with Crippen molar-refractivity contribution in [3.63, 3.8) is 0 Å². The second-order valence-corrected chi connectivity index (χ2v) is 11.0. The Kier molecular flexibility index (Phi) is 5.99. The molecule has 2 aromatic carbocycles. The SMILES string of the molecule is CC1CCN(C(=O)c2cccc(S(=O)(=O)NC3CCCC3)c2)c2ccccc2S1. The van der Waals surface area contributed by atoms with Crippen LogP contribution >= 0.6 is 11.8 Å². The number of anilines is 1. The first-order chi connectivity index (χ1) is 13.9. The molecule has 1 saturated carbocycles. The van der Waals surface area contributed by atoms with Gasteiger partial charge in [0.1, 0.15) is 0 Å². The zero-order chi connectivity index (χ0) is 20.4. The van der Waals surface area contributed by atoms with Crippen molar-refractivity contribution >= 4 is 33.4 Å². The van der Waals surface area contributed by atoms with E-state index in [-0.39, 0.29) is 16.8 Å². The molecule has 1 fully saturated rings. The van der Waals surface area contributed by atoms with E-state index >= 15 is 0 Å². The number of amides is 1. The summed E-state index contributed by atoms with van der Waals surface area (Å²) < 4.78 is 28.4. The largest absolute Gasteiger partial charge is 0.307 e. The second-order valence-electron chi connectivity index (χ2n) is 7.77. The number of carbonyl (C=O) groups excluding carboxylic acids is 1. The van der Waals surface area contributed by atoms with E-state index in [0.717, 1.165) is 42.7 Å². The number of nitrogens with one attached hydrogen (secondary N) is 1. The van der Waals surface area contributed by atoms with E-state index in [2.05, 4.69) is 11.6 Å². The van der Waals surface area contributed by atoms with Crippen LogP contribution in [-0.2, 0) is 10.0 Å². The third-order valence-electron chi connectivity index (χ3n) is 5.56. The summed E-state index contributed by atoms with van der Waals surface area (Å²) in [6.07, 6.45) is 4.73. The first kappa shape index (κ1) is 20.4. The summed E-state index contributed by atoms with van der Waals surface area (Å²) in [4.78, 5) is 16.4. The van der Waals surface area contributed by atoms with Crippen molar-refractivity contribution in [3.05, 3.63) is 54.1 Å². The summed E-state index contributed by atoms with van der Waals surface area (Å²) in [5, 5.41) is 0.413. The molecule has 1 amide bonds. The quantitative estimate of drug-likeness (QED) is 0.779. The Labute approximate surface area is 176 Å². The van der Waals surface area contributed by atoms with Gasteiger partial charge >= 0.3 is 0 Å². The van der Waals surface area contributed by atoms with Crippen LogP contribution in [0.1, 0.15) is 49.4 Å². The van der Waals surface area contributed by atoms with Gasteiger partial charge in [-0.05, 0) is 49.6 Å². The number of para-hydroxylation sites is 1. The second kappa shape index (κ2) is 8.50. The Hall–Kier alpha value is -1.83. The topological polar surface area (TPSA) is 66.5 Å². The van der Waals surface area contributed by atoms with Crippen LogP contribution in [-0.4, -0.2) is 32.2 Å². The molecule has 0 saturated heterocycles. The minimum atomic E-state index is -3.63. The standard InChI is InChI=1S/C22H26N2O3S2/c1-16-13-14-24(20-11-4-5-12-21(20)28-16)22(25)17-7-6-10-19(15-17)29(26,27)23-18-8-2-3-9-18/h4-7,10-12,15-16,18,23H,2-3,8-9,13-14H2,1H3. The zero-order valence-corrected chi connectivity index (χ0v) is 18.1. The van der Waals surface area contributed by atoms with E-state index < -0.39 is 10.0 Å².